The summed E-state index contributed by atoms with van der Waals surface area (Å²) in [6.07, 6.45) is 0. The Bertz CT molecular complexity index is 3220. The van der Waals surface area contributed by atoms with E-state index in [0.717, 1.165) is 66.2 Å². The molecule has 0 unspecified atom stereocenters. The van der Waals surface area contributed by atoms with Crippen molar-refractivity contribution in [2.75, 3.05) is 0 Å². The van der Waals surface area contributed by atoms with Gasteiger partial charge < -0.3 is 4.42 Å². The molecule has 7 aromatic carbocycles. The van der Waals surface area contributed by atoms with Crippen molar-refractivity contribution in [1.29, 1.82) is 0 Å². The van der Waals surface area contributed by atoms with Crippen LogP contribution in [-0.2, 0) is 0 Å². The molecule has 4 heterocycles. The molecule has 0 aliphatic rings. The summed E-state index contributed by atoms with van der Waals surface area (Å²) in [6.45, 7) is 0. The van der Waals surface area contributed by atoms with Crippen LogP contribution in [0.15, 0.2) is 174 Å². The lowest BCUT2D eigenvalue weighted by Gasteiger charge is -2.12. The van der Waals surface area contributed by atoms with Crippen LogP contribution in [0.5, 0.6) is 0 Å². The third kappa shape index (κ3) is 4.99. The summed E-state index contributed by atoms with van der Waals surface area (Å²) in [7, 11) is 0. The van der Waals surface area contributed by atoms with E-state index in [-0.39, 0.29) is 0 Å². The lowest BCUT2D eigenvalue weighted by molar-refractivity contribution is 0.655. The summed E-state index contributed by atoms with van der Waals surface area (Å²) >= 11 is 1.82. The van der Waals surface area contributed by atoms with Gasteiger partial charge in [0.15, 0.2) is 17.5 Å². The van der Waals surface area contributed by atoms with Gasteiger partial charge in [0.25, 0.3) is 0 Å². The normalized spacial score (nSPS) is 11.7. The minimum atomic E-state index is 0.603. The zero-order valence-corrected chi connectivity index (χ0v) is 29.6. The molecular formula is C48H28N4OS. The van der Waals surface area contributed by atoms with E-state index < -0.39 is 0 Å². The van der Waals surface area contributed by atoms with Crippen molar-refractivity contribution in [3.8, 4) is 56.5 Å². The lowest BCUT2D eigenvalue weighted by Crippen LogP contribution is -2.01. The van der Waals surface area contributed by atoms with Gasteiger partial charge in [0.05, 0.1) is 11.1 Å². The van der Waals surface area contributed by atoms with Crippen molar-refractivity contribution in [3.63, 3.8) is 0 Å². The van der Waals surface area contributed by atoms with Crippen LogP contribution >= 0.6 is 11.3 Å². The predicted octanol–water partition coefficient (Wildman–Crippen LogP) is 13.0. The Hall–Kier alpha value is -7.02. The zero-order valence-electron chi connectivity index (χ0n) is 28.8. The molecule has 11 rings (SSSR count). The molecule has 0 N–H and O–H groups in total. The van der Waals surface area contributed by atoms with Crippen LogP contribution in [0.2, 0.25) is 0 Å². The number of para-hydroxylation sites is 1. The summed E-state index contributed by atoms with van der Waals surface area (Å²) in [4.78, 5) is 20.4. The van der Waals surface area contributed by atoms with Crippen molar-refractivity contribution in [2.45, 2.75) is 0 Å². The maximum atomic E-state index is 6.27. The number of nitrogens with zero attached hydrogens (tertiary/aromatic N) is 4. The highest BCUT2D eigenvalue weighted by Crippen LogP contribution is 2.40. The molecule has 0 aliphatic heterocycles. The minimum Gasteiger partial charge on any atom is -0.438 e. The van der Waals surface area contributed by atoms with E-state index in [0.29, 0.717) is 23.2 Å². The van der Waals surface area contributed by atoms with E-state index >= 15 is 0 Å². The summed E-state index contributed by atoms with van der Waals surface area (Å²) < 4.78 is 8.81. The highest BCUT2D eigenvalue weighted by molar-refractivity contribution is 7.25. The minimum absolute atomic E-state index is 0.603. The molecule has 0 aliphatic carbocycles. The van der Waals surface area contributed by atoms with E-state index in [1.54, 1.807) is 0 Å². The van der Waals surface area contributed by atoms with E-state index in [2.05, 4.69) is 115 Å². The smallest absolute Gasteiger partial charge is 0.228 e. The molecule has 0 fully saturated rings. The number of aromatic nitrogens is 4. The first-order valence-electron chi connectivity index (χ1n) is 17.9. The lowest BCUT2D eigenvalue weighted by atomic mass is 9.98. The third-order valence-electron chi connectivity index (χ3n) is 10.2. The molecule has 5 nitrogen and oxygen atoms in total. The van der Waals surface area contributed by atoms with Gasteiger partial charge in [0.1, 0.15) is 5.58 Å². The van der Waals surface area contributed by atoms with Gasteiger partial charge in [0, 0.05) is 53.2 Å². The van der Waals surface area contributed by atoms with E-state index in [4.69, 9.17) is 24.4 Å². The van der Waals surface area contributed by atoms with Crippen molar-refractivity contribution < 1.29 is 4.42 Å². The number of rotatable bonds is 5. The second kappa shape index (κ2) is 12.3. The first-order chi connectivity index (χ1) is 26.7. The highest BCUT2D eigenvalue weighted by Gasteiger charge is 2.19. The molecule has 0 radical (unpaired) electrons. The zero-order chi connectivity index (χ0) is 35.6. The SMILES string of the molecule is c1ccc(-c2nc(-c3ccc(-c4nc5oc6ccccc6c5c5ccccc45)cc3)nc(-c3ccccc3-c3ccc4c(c3)sc3ccccc34)n2)cc1. The second-order valence-electron chi connectivity index (χ2n) is 13.4. The molecule has 4 aromatic heterocycles. The van der Waals surface area contributed by atoms with Gasteiger partial charge in [-0.05, 0) is 34.7 Å². The van der Waals surface area contributed by atoms with Gasteiger partial charge in [-0.1, -0.05) is 152 Å². The standard InChI is InChI=1S/C48H28N4OS/c1-2-12-30(13-3-1)45-50-46(52-47(51-45)38-18-7-4-14-33(38)32-26-27-35-34-15-9-11-21-41(34)54-42(35)28-32)31-24-22-29(23-25-31)44-37-17-6-5-16-36(37)43-39-19-8-10-20-40(39)53-48(43)49-44/h1-28H. The van der Waals surface area contributed by atoms with Crippen molar-refractivity contribution in [1.82, 2.24) is 19.9 Å². The quantitative estimate of drug-likeness (QED) is 0.178. The Morgan fingerprint density at radius 1 is 0.370 bits per heavy atom. The average molecular weight is 709 g/mol. The van der Waals surface area contributed by atoms with Crippen LogP contribution in [0.4, 0.5) is 0 Å². The second-order valence-corrected chi connectivity index (χ2v) is 14.5. The monoisotopic (exact) mass is 708 g/mol. The fraction of sp³-hybridized carbons (Fsp3) is 0. The molecule has 0 amide bonds. The largest absolute Gasteiger partial charge is 0.438 e. The van der Waals surface area contributed by atoms with Crippen LogP contribution in [-0.4, -0.2) is 19.9 Å². The van der Waals surface area contributed by atoms with Gasteiger partial charge in [0.2, 0.25) is 5.71 Å². The molecule has 0 atom stereocenters. The maximum absolute atomic E-state index is 6.27. The van der Waals surface area contributed by atoms with Gasteiger partial charge in [-0.2, -0.15) is 0 Å². The van der Waals surface area contributed by atoms with Crippen LogP contribution in [0.1, 0.15) is 0 Å². The third-order valence-corrected chi connectivity index (χ3v) is 11.3. The highest BCUT2D eigenvalue weighted by atomic mass is 32.1. The van der Waals surface area contributed by atoms with Crippen LogP contribution < -0.4 is 0 Å². The van der Waals surface area contributed by atoms with Crippen LogP contribution in [0.25, 0.3) is 110 Å². The molecule has 0 bridgehead atoms. The molecule has 0 saturated heterocycles. The Morgan fingerprint density at radius 3 is 1.76 bits per heavy atom. The Kier molecular flexibility index (Phi) is 6.97. The Morgan fingerprint density at radius 2 is 0.944 bits per heavy atom. The predicted molar refractivity (Wildman–Crippen MR) is 222 cm³/mol. The van der Waals surface area contributed by atoms with Crippen molar-refractivity contribution in [2.24, 2.45) is 0 Å². The number of benzene rings is 7. The fourth-order valence-corrected chi connectivity index (χ4v) is 8.75. The van der Waals surface area contributed by atoms with Gasteiger partial charge in [-0.3, -0.25) is 0 Å². The topological polar surface area (TPSA) is 64.7 Å². The van der Waals surface area contributed by atoms with E-state index in [9.17, 15) is 0 Å². The summed E-state index contributed by atoms with van der Waals surface area (Å²) in [5.41, 5.74) is 8.28. The first-order valence-corrected chi connectivity index (χ1v) is 18.7. The molecule has 6 heteroatoms. The number of hydrogen-bond donors (Lipinski definition) is 0. The number of fused-ring (bicyclic) bond motifs is 8. The Labute approximate surface area is 313 Å². The van der Waals surface area contributed by atoms with Gasteiger partial charge in [-0.25, -0.2) is 19.9 Å². The summed E-state index contributed by atoms with van der Waals surface area (Å²) in [5, 5.41) is 6.86. The van der Waals surface area contributed by atoms with Gasteiger partial charge >= 0.3 is 0 Å². The molecular weight excluding hydrogens is 681 g/mol. The molecule has 11 aromatic rings. The summed E-state index contributed by atoms with van der Waals surface area (Å²) in [5.74, 6) is 1.85. The Balaban J connectivity index is 1.04. The van der Waals surface area contributed by atoms with Crippen LogP contribution in [0.3, 0.4) is 0 Å². The number of hydrogen-bond acceptors (Lipinski definition) is 6. The first kappa shape index (κ1) is 30.6. The molecule has 0 spiro atoms. The van der Waals surface area contributed by atoms with E-state index in [1.165, 1.54) is 20.2 Å². The fourth-order valence-electron chi connectivity index (χ4n) is 7.60. The van der Waals surface area contributed by atoms with Crippen LogP contribution in [0, 0.1) is 0 Å². The van der Waals surface area contributed by atoms with Gasteiger partial charge in [-0.15, -0.1) is 11.3 Å². The van der Waals surface area contributed by atoms with Crippen molar-refractivity contribution in [3.05, 3.63) is 170 Å². The van der Waals surface area contributed by atoms with Crippen molar-refractivity contribution >= 4 is 64.4 Å². The van der Waals surface area contributed by atoms with E-state index in [1.807, 2.05) is 65.9 Å². The molecule has 252 valence electrons. The molecule has 54 heavy (non-hydrogen) atoms. The maximum Gasteiger partial charge on any atom is 0.228 e. The summed E-state index contributed by atoms with van der Waals surface area (Å²) in [6, 6.07) is 58.7. The molecule has 0 saturated carbocycles. The number of pyridine rings is 1. The number of thiophene rings is 1. The average Bonchev–Trinajstić information content (AvgIpc) is 3.82. The number of furan rings is 1.